The SMILES string of the molecule is CN1Cc2ccc(C(=O)Nc3ncc4ccc(-c5cnco5)cc4n3)cc2C1. The zero-order valence-corrected chi connectivity index (χ0v) is 15.2. The summed E-state index contributed by atoms with van der Waals surface area (Å²) >= 11 is 0. The Balaban J connectivity index is 1.42. The van der Waals surface area contributed by atoms with Gasteiger partial charge < -0.3 is 4.42 Å². The van der Waals surface area contributed by atoms with Gasteiger partial charge in [-0.1, -0.05) is 18.2 Å². The van der Waals surface area contributed by atoms with E-state index in [2.05, 4.69) is 32.2 Å². The number of benzene rings is 2. The van der Waals surface area contributed by atoms with Gasteiger partial charge in [0.25, 0.3) is 5.91 Å². The van der Waals surface area contributed by atoms with E-state index in [0.717, 1.165) is 29.6 Å². The molecule has 0 unspecified atom stereocenters. The molecule has 0 atom stereocenters. The highest BCUT2D eigenvalue weighted by Gasteiger charge is 2.18. The summed E-state index contributed by atoms with van der Waals surface area (Å²) in [6.45, 7) is 1.77. The van der Waals surface area contributed by atoms with Gasteiger partial charge in [-0.2, -0.15) is 0 Å². The second kappa shape index (κ2) is 6.54. The summed E-state index contributed by atoms with van der Waals surface area (Å²) in [7, 11) is 2.07. The van der Waals surface area contributed by atoms with Crippen molar-refractivity contribution in [1.82, 2.24) is 19.9 Å². The molecule has 7 nitrogen and oxygen atoms in total. The van der Waals surface area contributed by atoms with Crippen molar-refractivity contribution in [2.75, 3.05) is 12.4 Å². The highest BCUT2D eigenvalue weighted by atomic mass is 16.3. The number of anilines is 1. The van der Waals surface area contributed by atoms with Crippen molar-refractivity contribution in [2.24, 2.45) is 0 Å². The van der Waals surface area contributed by atoms with Crippen LogP contribution in [0.2, 0.25) is 0 Å². The Bertz CT molecular complexity index is 1190. The molecule has 4 aromatic rings. The smallest absolute Gasteiger partial charge is 0.258 e. The molecule has 3 heterocycles. The van der Waals surface area contributed by atoms with Crippen molar-refractivity contribution < 1.29 is 9.21 Å². The predicted octanol–water partition coefficient (Wildman–Crippen LogP) is 3.48. The number of rotatable bonds is 3. The monoisotopic (exact) mass is 371 g/mol. The Labute approximate surface area is 161 Å². The number of carbonyl (C=O) groups excluding carboxylic acids is 1. The van der Waals surface area contributed by atoms with Crippen LogP contribution in [0.15, 0.2) is 59.6 Å². The summed E-state index contributed by atoms with van der Waals surface area (Å²) in [4.78, 5) is 27.6. The molecule has 1 amide bonds. The van der Waals surface area contributed by atoms with Crippen molar-refractivity contribution in [1.29, 1.82) is 0 Å². The minimum atomic E-state index is -0.219. The van der Waals surface area contributed by atoms with Crippen LogP contribution in [-0.4, -0.2) is 32.8 Å². The first-order valence-electron chi connectivity index (χ1n) is 8.93. The Hall–Kier alpha value is -3.58. The summed E-state index contributed by atoms with van der Waals surface area (Å²) < 4.78 is 5.34. The molecule has 1 aliphatic rings. The van der Waals surface area contributed by atoms with Gasteiger partial charge in [0.05, 0.1) is 11.7 Å². The Morgan fingerprint density at radius 3 is 2.86 bits per heavy atom. The molecule has 0 radical (unpaired) electrons. The van der Waals surface area contributed by atoms with Gasteiger partial charge in [0.2, 0.25) is 5.95 Å². The summed E-state index contributed by atoms with van der Waals surface area (Å²) in [5.74, 6) is 0.710. The van der Waals surface area contributed by atoms with Gasteiger partial charge in [-0.25, -0.2) is 15.0 Å². The Morgan fingerprint density at radius 2 is 2.00 bits per heavy atom. The lowest BCUT2D eigenvalue weighted by molar-refractivity contribution is 0.102. The first-order valence-corrected chi connectivity index (χ1v) is 8.93. The number of nitrogens with one attached hydrogen (secondary N) is 1. The van der Waals surface area contributed by atoms with E-state index in [9.17, 15) is 4.79 Å². The number of nitrogens with zero attached hydrogens (tertiary/aromatic N) is 4. The number of aromatic nitrogens is 3. The van der Waals surface area contributed by atoms with E-state index in [0.29, 0.717) is 11.3 Å². The maximum absolute atomic E-state index is 12.7. The van der Waals surface area contributed by atoms with E-state index in [-0.39, 0.29) is 11.9 Å². The zero-order valence-electron chi connectivity index (χ0n) is 15.2. The normalized spacial score (nSPS) is 13.6. The van der Waals surface area contributed by atoms with Crippen LogP contribution < -0.4 is 5.32 Å². The number of carbonyl (C=O) groups is 1. The molecular weight excluding hydrogens is 354 g/mol. The highest BCUT2D eigenvalue weighted by molar-refractivity contribution is 6.03. The van der Waals surface area contributed by atoms with E-state index in [1.54, 1.807) is 12.4 Å². The molecular formula is C21H17N5O2. The lowest BCUT2D eigenvalue weighted by Gasteiger charge is -2.07. The topological polar surface area (TPSA) is 84.2 Å². The minimum Gasteiger partial charge on any atom is -0.444 e. The molecule has 2 aromatic heterocycles. The van der Waals surface area contributed by atoms with Gasteiger partial charge in [0, 0.05) is 35.8 Å². The predicted molar refractivity (Wildman–Crippen MR) is 105 cm³/mol. The summed E-state index contributed by atoms with van der Waals surface area (Å²) in [5, 5.41) is 3.67. The maximum atomic E-state index is 12.7. The number of hydrogen-bond donors (Lipinski definition) is 1. The second-order valence-corrected chi connectivity index (χ2v) is 6.94. The molecule has 0 saturated heterocycles. The van der Waals surface area contributed by atoms with Gasteiger partial charge >= 0.3 is 0 Å². The molecule has 0 saturated carbocycles. The van der Waals surface area contributed by atoms with Crippen molar-refractivity contribution in [3.8, 4) is 11.3 Å². The number of hydrogen-bond acceptors (Lipinski definition) is 6. The third kappa shape index (κ3) is 3.01. The fourth-order valence-electron chi connectivity index (χ4n) is 3.47. The Kier molecular flexibility index (Phi) is 3.87. The minimum absolute atomic E-state index is 0.219. The molecule has 0 aliphatic carbocycles. The fourth-order valence-corrected chi connectivity index (χ4v) is 3.47. The summed E-state index contributed by atoms with van der Waals surface area (Å²) in [6, 6.07) is 11.5. The molecule has 5 rings (SSSR count). The lowest BCUT2D eigenvalue weighted by Crippen LogP contribution is -2.14. The van der Waals surface area contributed by atoms with Gasteiger partial charge in [0.15, 0.2) is 12.2 Å². The molecule has 28 heavy (non-hydrogen) atoms. The number of amides is 1. The first kappa shape index (κ1) is 16.6. The van der Waals surface area contributed by atoms with E-state index >= 15 is 0 Å². The van der Waals surface area contributed by atoms with Gasteiger partial charge in [-0.15, -0.1) is 0 Å². The lowest BCUT2D eigenvalue weighted by atomic mass is 10.1. The summed E-state index contributed by atoms with van der Waals surface area (Å²) in [6.07, 6.45) is 4.73. The van der Waals surface area contributed by atoms with Crippen LogP contribution in [0.25, 0.3) is 22.2 Å². The average molecular weight is 371 g/mol. The first-order chi connectivity index (χ1) is 13.7. The maximum Gasteiger partial charge on any atom is 0.258 e. The third-order valence-corrected chi connectivity index (χ3v) is 4.87. The van der Waals surface area contributed by atoms with Gasteiger partial charge in [-0.3, -0.25) is 15.0 Å². The van der Waals surface area contributed by atoms with Crippen molar-refractivity contribution in [3.63, 3.8) is 0 Å². The van der Waals surface area contributed by atoms with Crippen LogP contribution in [0, 0.1) is 0 Å². The standard InChI is InChI=1S/C21H17N5O2/c1-26-10-16-5-3-14(6-17(16)11-26)20(27)25-21-23-8-15-4-2-13(7-18(15)24-21)19-9-22-12-28-19/h2-9,12H,10-11H2,1H3,(H,23,24,25,27). The van der Waals surface area contributed by atoms with E-state index in [1.807, 2.05) is 36.4 Å². The molecule has 0 fully saturated rings. The molecule has 2 aromatic carbocycles. The summed E-state index contributed by atoms with van der Waals surface area (Å²) in [5.41, 5.74) is 4.64. The highest BCUT2D eigenvalue weighted by Crippen LogP contribution is 2.24. The third-order valence-electron chi connectivity index (χ3n) is 4.87. The average Bonchev–Trinajstić information content (AvgIpc) is 3.35. The van der Waals surface area contributed by atoms with Crippen LogP contribution in [0.3, 0.4) is 0 Å². The van der Waals surface area contributed by atoms with Crippen LogP contribution in [0.5, 0.6) is 0 Å². The van der Waals surface area contributed by atoms with Crippen LogP contribution in [0.4, 0.5) is 5.95 Å². The number of fused-ring (bicyclic) bond motifs is 2. The fraction of sp³-hybridized carbons (Fsp3) is 0.143. The van der Waals surface area contributed by atoms with Crippen molar-refractivity contribution in [2.45, 2.75) is 13.1 Å². The van der Waals surface area contributed by atoms with E-state index in [1.165, 1.54) is 17.5 Å². The van der Waals surface area contributed by atoms with E-state index in [4.69, 9.17) is 4.42 Å². The largest absolute Gasteiger partial charge is 0.444 e. The van der Waals surface area contributed by atoms with Crippen LogP contribution >= 0.6 is 0 Å². The van der Waals surface area contributed by atoms with Gasteiger partial charge in [-0.05, 0) is 36.4 Å². The molecule has 7 heteroatoms. The Morgan fingerprint density at radius 1 is 1.11 bits per heavy atom. The molecule has 0 spiro atoms. The van der Waals surface area contributed by atoms with E-state index < -0.39 is 0 Å². The number of oxazole rings is 1. The van der Waals surface area contributed by atoms with Gasteiger partial charge in [0.1, 0.15) is 0 Å². The quantitative estimate of drug-likeness (QED) is 0.593. The van der Waals surface area contributed by atoms with Crippen LogP contribution in [-0.2, 0) is 13.1 Å². The van der Waals surface area contributed by atoms with Crippen molar-refractivity contribution >= 4 is 22.8 Å². The van der Waals surface area contributed by atoms with Crippen LogP contribution in [0.1, 0.15) is 21.5 Å². The second-order valence-electron chi connectivity index (χ2n) is 6.94. The molecule has 0 bridgehead atoms. The molecule has 1 N–H and O–H groups in total. The molecule has 138 valence electrons. The van der Waals surface area contributed by atoms with Crippen molar-refractivity contribution in [3.05, 3.63) is 71.9 Å². The molecule has 1 aliphatic heterocycles. The zero-order chi connectivity index (χ0) is 19.1.